The number of carbonyl (C=O) groups excluding carboxylic acids is 1. The van der Waals surface area contributed by atoms with E-state index in [-0.39, 0.29) is 11.3 Å². The van der Waals surface area contributed by atoms with E-state index in [9.17, 15) is 4.79 Å². The second kappa shape index (κ2) is 5.12. The van der Waals surface area contributed by atoms with Crippen molar-refractivity contribution in [3.05, 3.63) is 36.0 Å². The largest absolute Gasteiger partial charge is 0.383 e. The molecule has 2 N–H and O–H groups in total. The molecular formula is C16H21N3O. The fourth-order valence-corrected chi connectivity index (χ4v) is 2.31. The molecule has 1 aromatic carbocycles. The number of hydrogen-bond donors (Lipinski definition) is 1. The van der Waals surface area contributed by atoms with Crippen molar-refractivity contribution in [1.29, 1.82) is 0 Å². The fraction of sp³-hybridized carbons (Fsp3) is 0.375. The monoisotopic (exact) mass is 271 g/mol. The van der Waals surface area contributed by atoms with Crippen LogP contribution in [0.25, 0.3) is 10.8 Å². The lowest BCUT2D eigenvalue weighted by Crippen LogP contribution is -2.35. The Bertz CT molecular complexity index is 644. The van der Waals surface area contributed by atoms with Gasteiger partial charge in [0, 0.05) is 19.0 Å². The molecule has 0 fully saturated rings. The number of anilines is 1. The van der Waals surface area contributed by atoms with Gasteiger partial charge < -0.3 is 10.6 Å². The zero-order valence-corrected chi connectivity index (χ0v) is 12.5. The van der Waals surface area contributed by atoms with Gasteiger partial charge in [0.15, 0.2) is 0 Å². The third-order valence-corrected chi connectivity index (χ3v) is 3.05. The number of nitrogens with two attached hydrogens (primary N) is 1. The van der Waals surface area contributed by atoms with Gasteiger partial charge in [-0.25, -0.2) is 4.98 Å². The molecule has 4 nitrogen and oxygen atoms in total. The van der Waals surface area contributed by atoms with E-state index in [2.05, 4.69) is 25.8 Å². The van der Waals surface area contributed by atoms with Crippen LogP contribution in [-0.4, -0.2) is 29.4 Å². The van der Waals surface area contributed by atoms with Gasteiger partial charge in [-0.3, -0.25) is 4.79 Å². The quantitative estimate of drug-likeness (QED) is 0.913. The van der Waals surface area contributed by atoms with Gasteiger partial charge in [-0.05, 0) is 16.9 Å². The summed E-state index contributed by atoms with van der Waals surface area (Å²) < 4.78 is 0. The van der Waals surface area contributed by atoms with E-state index in [0.29, 0.717) is 18.1 Å². The van der Waals surface area contributed by atoms with Crippen molar-refractivity contribution in [2.24, 2.45) is 5.41 Å². The molecule has 0 aliphatic rings. The number of nitrogens with zero attached hydrogens (tertiary/aromatic N) is 2. The van der Waals surface area contributed by atoms with Gasteiger partial charge in [0.2, 0.25) is 0 Å². The number of pyridine rings is 1. The molecular weight excluding hydrogens is 250 g/mol. The van der Waals surface area contributed by atoms with E-state index >= 15 is 0 Å². The van der Waals surface area contributed by atoms with E-state index in [1.165, 1.54) is 0 Å². The Kier molecular flexibility index (Phi) is 3.66. The van der Waals surface area contributed by atoms with Crippen LogP contribution in [0.1, 0.15) is 31.3 Å². The second-order valence-corrected chi connectivity index (χ2v) is 6.34. The zero-order chi connectivity index (χ0) is 14.9. The highest BCUT2D eigenvalue weighted by Gasteiger charge is 2.20. The van der Waals surface area contributed by atoms with E-state index in [1.54, 1.807) is 18.0 Å². The highest BCUT2D eigenvalue weighted by atomic mass is 16.2. The predicted octanol–water partition coefficient (Wildman–Crippen LogP) is 2.94. The first-order valence-corrected chi connectivity index (χ1v) is 6.69. The van der Waals surface area contributed by atoms with Gasteiger partial charge in [0.05, 0.1) is 0 Å². The first kappa shape index (κ1) is 14.3. The molecule has 106 valence electrons. The molecule has 0 bridgehead atoms. The first-order valence-electron chi connectivity index (χ1n) is 6.69. The Morgan fingerprint density at radius 1 is 1.30 bits per heavy atom. The van der Waals surface area contributed by atoms with Gasteiger partial charge in [0.1, 0.15) is 11.5 Å². The lowest BCUT2D eigenvalue weighted by molar-refractivity contribution is 0.0740. The van der Waals surface area contributed by atoms with Gasteiger partial charge in [0.25, 0.3) is 5.91 Å². The van der Waals surface area contributed by atoms with Gasteiger partial charge in [-0.1, -0.05) is 45.0 Å². The Morgan fingerprint density at radius 2 is 1.95 bits per heavy atom. The summed E-state index contributed by atoms with van der Waals surface area (Å²) in [6, 6.07) is 9.48. The van der Waals surface area contributed by atoms with E-state index < -0.39 is 0 Å². The molecule has 1 heterocycles. The molecule has 2 aromatic rings. The van der Waals surface area contributed by atoms with Crippen LogP contribution in [0.2, 0.25) is 0 Å². The van der Waals surface area contributed by atoms with Crippen LogP contribution in [0.3, 0.4) is 0 Å². The Hall–Kier alpha value is -2.10. The predicted molar refractivity (Wildman–Crippen MR) is 82.6 cm³/mol. The number of aromatic nitrogens is 1. The molecule has 0 aliphatic heterocycles. The highest BCUT2D eigenvalue weighted by Crippen LogP contribution is 2.21. The molecule has 0 aliphatic carbocycles. The Balaban J connectivity index is 2.35. The maximum atomic E-state index is 12.4. The number of fused-ring (bicyclic) bond motifs is 1. The average Bonchev–Trinajstić information content (AvgIpc) is 2.35. The molecule has 2 rings (SSSR count). The smallest absolute Gasteiger partial charge is 0.272 e. The molecule has 0 saturated carbocycles. The van der Waals surface area contributed by atoms with Crippen molar-refractivity contribution in [3.63, 3.8) is 0 Å². The summed E-state index contributed by atoms with van der Waals surface area (Å²) in [5.41, 5.74) is 6.39. The van der Waals surface area contributed by atoms with Crippen LogP contribution in [-0.2, 0) is 0 Å². The third kappa shape index (κ3) is 3.07. The van der Waals surface area contributed by atoms with Gasteiger partial charge in [-0.2, -0.15) is 0 Å². The minimum atomic E-state index is -0.0996. The minimum Gasteiger partial charge on any atom is -0.383 e. The van der Waals surface area contributed by atoms with Crippen molar-refractivity contribution in [1.82, 2.24) is 9.88 Å². The molecule has 1 amide bonds. The maximum absolute atomic E-state index is 12.4. The van der Waals surface area contributed by atoms with Crippen molar-refractivity contribution in [3.8, 4) is 0 Å². The standard InChI is InChI=1S/C16H21N3O/c1-16(2,3)10-19(4)15(20)13-9-11-7-5-6-8-12(11)14(17)18-13/h5-9H,10H2,1-4H3,(H2,17,18). The molecule has 1 aromatic heterocycles. The SMILES string of the molecule is CN(CC(C)(C)C)C(=O)c1cc2ccccc2c(N)n1. The summed E-state index contributed by atoms with van der Waals surface area (Å²) >= 11 is 0. The second-order valence-electron chi connectivity index (χ2n) is 6.34. The highest BCUT2D eigenvalue weighted by molar-refractivity contribution is 5.99. The van der Waals surface area contributed by atoms with E-state index in [4.69, 9.17) is 5.73 Å². The van der Waals surface area contributed by atoms with Crippen molar-refractivity contribution in [2.45, 2.75) is 20.8 Å². The zero-order valence-electron chi connectivity index (χ0n) is 12.5. The molecule has 0 radical (unpaired) electrons. The Labute approximate surface area is 119 Å². The summed E-state index contributed by atoms with van der Waals surface area (Å²) in [5, 5.41) is 1.81. The Morgan fingerprint density at radius 3 is 2.60 bits per heavy atom. The maximum Gasteiger partial charge on any atom is 0.272 e. The molecule has 0 spiro atoms. The topological polar surface area (TPSA) is 59.2 Å². The molecule has 0 unspecified atom stereocenters. The summed E-state index contributed by atoms with van der Waals surface area (Å²) in [6.07, 6.45) is 0. The van der Waals surface area contributed by atoms with E-state index in [0.717, 1.165) is 10.8 Å². The van der Waals surface area contributed by atoms with Crippen LogP contribution in [0, 0.1) is 5.41 Å². The number of carbonyl (C=O) groups is 1. The molecule has 4 heteroatoms. The summed E-state index contributed by atoms with van der Waals surface area (Å²) in [4.78, 5) is 18.4. The number of benzene rings is 1. The molecule has 0 atom stereocenters. The summed E-state index contributed by atoms with van der Waals surface area (Å²) in [7, 11) is 1.79. The summed E-state index contributed by atoms with van der Waals surface area (Å²) in [6.45, 7) is 6.96. The third-order valence-electron chi connectivity index (χ3n) is 3.05. The number of hydrogen-bond acceptors (Lipinski definition) is 3. The average molecular weight is 271 g/mol. The first-order chi connectivity index (χ1) is 9.28. The molecule has 20 heavy (non-hydrogen) atoms. The van der Waals surface area contributed by atoms with Crippen LogP contribution < -0.4 is 5.73 Å². The van der Waals surface area contributed by atoms with Gasteiger partial charge >= 0.3 is 0 Å². The van der Waals surface area contributed by atoms with Gasteiger partial charge in [-0.15, -0.1) is 0 Å². The minimum absolute atomic E-state index is 0.0484. The van der Waals surface area contributed by atoms with Crippen molar-refractivity contribution >= 4 is 22.5 Å². The van der Waals surface area contributed by atoms with Crippen molar-refractivity contribution < 1.29 is 4.79 Å². The van der Waals surface area contributed by atoms with E-state index in [1.807, 2.05) is 24.3 Å². The number of rotatable bonds is 2. The fourth-order valence-electron chi connectivity index (χ4n) is 2.31. The van der Waals surface area contributed by atoms with Crippen LogP contribution >= 0.6 is 0 Å². The normalized spacial score (nSPS) is 11.6. The molecule has 0 saturated heterocycles. The van der Waals surface area contributed by atoms with Crippen LogP contribution in [0.5, 0.6) is 0 Å². The lowest BCUT2D eigenvalue weighted by atomic mass is 9.96. The van der Waals surface area contributed by atoms with Crippen molar-refractivity contribution in [2.75, 3.05) is 19.3 Å². The lowest BCUT2D eigenvalue weighted by Gasteiger charge is -2.26. The number of nitrogen functional groups attached to an aromatic ring is 1. The number of amides is 1. The summed E-state index contributed by atoms with van der Waals surface area (Å²) in [5.74, 6) is 0.299. The van der Waals surface area contributed by atoms with Crippen LogP contribution in [0.4, 0.5) is 5.82 Å². The van der Waals surface area contributed by atoms with Crippen LogP contribution in [0.15, 0.2) is 30.3 Å².